The van der Waals surface area contributed by atoms with Gasteiger partial charge >= 0.3 is 7.82 Å². The standard InChI is InChI=1S/C15H17O4P/c1-12(2)14-10-6-7-11-15(14)19-20(16,17)18-13-8-4-3-5-9-13/h3-12H,1-2H3,(H,16,17). The van der Waals surface area contributed by atoms with Crippen LogP contribution in [0.25, 0.3) is 0 Å². The Morgan fingerprint density at radius 3 is 2.20 bits per heavy atom. The number of para-hydroxylation sites is 2. The Labute approximate surface area is 118 Å². The second kappa shape index (κ2) is 6.12. The molecule has 1 unspecified atom stereocenters. The number of phosphoric acid groups is 1. The van der Waals surface area contributed by atoms with Crippen molar-refractivity contribution in [3.8, 4) is 11.5 Å². The van der Waals surface area contributed by atoms with E-state index in [1.807, 2.05) is 26.0 Å². The van der Waals surface area contributed by atoms with E-state index in [1.165, 1.54) is 0 Å². The number of rotatable bonds is 5. The molecule has 20 heavy (non-hydrogen) atoms. The second-order valence-electron chi connectivity index (χ2n) is 4.66. The lowest BCUT2D eigenvalue weighted by atomic mass is 10.0. The predicted molar refractivity (Wildman–Crippen MR) is 78.1 cm³/mol. The van der Waals surface area contributed by atoms with Gasteiger partial charge in [-0.2, -0.15) is 0 Å². The van der Waals surface area contributed by atoms with Crippen molar-refractivity contribution >= 4 is 7.82 Å². The van der Waals surface area contributed by atoms with E-state index in [0.29, 0.717) is 11.5 Å². The Morgan fingerprint density at radius 1 is 0.950 bits per heavy atom. The van der Waals surface area contributed by atoms with Gasteiger partial charge in [-0.1, -0.05) is 50.2 Å². The van der Waals surface area contributed by atoms with Crippen molar-refractivity contribution in [1.82, 2.24) is 0 Å². The summed E-state index contributed by atoms with van der Waals surface area (Å²) in [5.74, 6) is 0.840. The summed E-state index contributed by atoms with van der Waals surface area (Å²) in [5.41, 5.74) is 0.860. The van der Waals surface area contributed by atoms with Gasteiger partial charge in [0.15, 0.2) is 0 Å². The van der Waals surface area contributed by atoms with Crippen LogP contribution in [-0.4, -0.2) is 4.89 Å². The van der Waals surface area contributed by atoms with E-state index in [4.69, 9.17) is 9.05 Å². The van der Waals surface area contributed by atoms with Crippen molar-refractivity contribution in [2.45, 2.75) is 19.8 Å². The molecular weight excluding hydrogens is 275 g/mol. The van der Waals surface area contributed by atoms with Crippen LogP contribution in [0.1, 0.15) is 25.3 Å². The Bertz CT molecular complexity index is 610. The van der Waals surface area contributed by atoms with Gasteiger partial charge in [-0.3, -0.25) is 4.89 Å². The molecule has 1 N–H and O–H groups in total. The van der Waals surface area contributed by atoms with E-state index in [0.717, 1.165) is 5.56 Å². The van der Waals surface area contributed by atoms with Gasteiger partial charge in [0.05, 0.1) is 0 Å². The maximum absolute atomic E-state index is 12.0. The van der Waals surface area contributed by atoms with Gasteiger partial charge in [0.2, 0.25) is 0 Å². The van der Waals surface area contributed by atoms with Gasteiger partial charge in [-0.25, -0.2) is 4.57 Å². The molecule has 0 fully saturated rings. The average molecular weight is 292 g/mol. The molecule has 0 saturated heterocycles. The summed E-state index contributed by atoms with van der Waals surface area (Å²) in [6.07, 6.45) is 0. The van der Waals surface area contributed by atoms with Crippen molar-refractivity contribution in [3.05, 3.63) is 60.2 Å². The van der Waals surface area contributed by atoms with Crippen LogP contribution >= 0.6 is 7.82 Å². The first-order chi connectivity index (χ1) is 9.48. The Kier molecular flexibility index (Phi) is 4.48. The number of hydrogen-bond acceptors (Lipinski definition) is 3. The summed E-state index contributed by atoms with van der Waals surface area (Å²) >= 11 is 0. The molecule has 0 aliphatic carbocycles. The van der Waals surface area contributed by atoms with Gasteiger partial charge in [0.1, 0.15) is 11.5 Å². The highest BCUT2D eigenvalue weighted by molar-refractivity contribution is 7.48. The Hall–Kier alpha value is -1.77. The highest BCUT2D eigenvalue weighted by atomic mass is 31.2. The Morgan fingerprint density at radius 2 is 1.55 bits per heavy atom. The predicted octanol–water partition coefficient (Wildman–Crippen LogP) is 4.37. The van der Waals surface area contributed by atoms with Crippen LogP contribution in [0.3, 0.4) is 0 Å². The highest BCUT2D eigenvalue weighted by Crippen LogP contribution is 2.46. The summed E-state index contributed by atoms with van der Waals surface area (Å²) in [6.45, 7) is 3.98. The molecule has 0 amide bonds. The Balaban J connectivity index is 2.18. The lowest BCUT2D eigenvalue weighted by Gasteiger charge is -2.17. The smallest absolute Gasteiger partial charge is 0.395 e. The first-order valence-corrected chi connectivity index (χ1v) is 7.83. The summed E-state index contributed by atoms with van der Waals surface area (Å²) < 4.78 is 22.3. The minimum absolute atomic E-state index is 0.183. The van der Waals surface area contributed by atoms with Crippen LogP contribution in [0.2, 0.25) is 0 Å². The van der Waals surface area contributed by atoms with Crippen LogP contribution in [0.5, 0.6) is 11.5 Å². The molecule has 1 atom stereocenters. The third-order valence-electron chi connectivity index (χ3n) is 2.72. The van der Waals surface area contributed by atoms with E-state index in [2.05, 4.69) is 0 Å². The zero-order chi connectivity index (χ0) is 14.6. The van der Waals surface area contributed by atoms with Crippen molar-refractivity contribution in [3.63, 3.8) is 0 Å². The minimum atomic E-state index is -4.20. The molecule has 106 valence electrons. The fraction of sp³-hybridized carbons (Fsp3) is 0.200. The molecule has 0 aliphatic rings. The zero-order valence-corrected chi connectivity index (χ0v) is 12.3. The fourth-order valence-corrected chi connectivity index (χ4v) is 2.64. The lowest BCUT2D eigenvalue weighted by Crippen LogP contribution is -2.02. The molecule has 2 rings (SSSR count). The van der Waals surface area contributed by atoms with Crippen LogP contribution in [0.15, 0.2) is 54.6 Å². The van der Waals surface area contributed by atoms with Gasteiger partial charge in [0, 0.05) is 0 Å². The molecule has 0 radical (unpaired) electrons. The quantitative estimate of drug-likeness (QED) is 0.831. The average Bonchev–Trinajstić information content (AvgIpc) is 2.39. The fourth-order valence-electron chi connectivity index (χ4n) is 1.80. The van der Waals surface area contributed by atoms with E-state index < -0.39 is 7.82 Å². The molecule has 0 aromatic heterocycles. The highest BCUT2D eigenvalue weighted by Gasteiger charge is 2.26. The molecule has 0 saturated carbocycles. The molecule has 2 aromatic rings. The maximum atomic E-state index is 12.0. The van der Waals surface area contributed by atoms with Crippen molar-refractivity contribution in [2.75, 3.05) is 0 Å². The van der Waals surface area contributed by atoms with E-state index in [9.17, 15) is 9.46 Å². The third-order valence-corrected chi connectivity index (χ3v) is 3.59. The van der Waals surface area contributed by atoms with E-state index in [1.54, 1.807) is 42.5 Å². The van der Waals surface area contributed by atoms with Crippen LogP contribution in [0, 0.1) is 0 Å². The van der Waals surface area contributed by atoms with Crippen molar-refractivity contribution in [2.24, 2.45) is 0 Å². The number of benzene rings is 2. The first kappa shape index (κ1) is 14.6. The monoisotopic (exact) mass is 292 g/mol. The number of hydrogen-bond donors (Lipinski definition) is 1. The van der Waals surface area contributed by atoms with Gasteiger partial charge in [-0.05, 0) is 29.7 Å². The molecule has 0 heterocycles. The summed E-state index contributed by atoms with van der Waals surface area (Å²) in [6, 6.07) is 15.6. The summed E-state index contributed by atoms with van der Waals surface area (Å²) in [5, 5.41) is 0. The first-order valence-electron chi connectivity index (χ1n) is 6.34. The van der Waals surface area contributed by atoms with Gasteiger partial charge in [0.25, 0.3) is 0 Å². The molecule has 0 spiro atoms. The lowest BCUT2D eigenvalue weighted by molar-refractivity contribution is 0.289. The molecular formula is C15H17O4P. The molecule has 4 nitrogen and oxygen atoms in total. The molecule has 0 aliphatic heterocycles. The van der Waals surface area contributed by atoms with Crippen LogP contribution in [-0.2, 0) is 4.57 Å². The van der Waals surface area contributed by atoms with Crippen molar-refractivity contribution < 1.29 is 18.5 Å². The van der Waals surface area contributed by atoms with Crippen LogP contribution in [0.4, 0.5) is 0 Å². The zero-order valence-electron chi connectivity index (χ0n) is 11.4. The summed E-state index contributed by atoms with van der Waals surface area (Å²) in [4.78, 5) is 9.84. The van der Waals surface area contributed by atoms with Crippen LogP contribution < -0.4 is 9.05 Å². The second-order valence-corrected chi connectivity index (χ2v) is 5.96. The largest absolute Gasteiger partial charge is 0.584 e. The SMILES string of the molecule is CC(C)c1ccccc1OP(=O)(O)Oc1ccccc1. The van der Waals surface area contributed by atoms with E-state index >= 15 is 0 Å². The van der Waals surface area contributed by atoms with Crippen molar-refractivity contribution in [1.29, 1.82) is 0 Å². The van der Waals surface area contributed by atoms with Gasteiger partial charge < -0.3 is 9.05 Å². The normalized spacial score (nSPS) is 13.8. The van der Waals surface area contributed by atoms with Gasteiger partial charge in [-0.15, -0.1) is 0 Å². The summed E-state index contributed by atoms with van der Waals surface area (Å²) in [7, 11) is -4.20. The third kappa shape index (κ3) is 3.86. The van der Waals surface area contributed by atoms with E-state index in [-0.39, 0.29) is 5.92 Å². The number of phosphoric ester groups is 1. The molecule has 2 aromatic carbocycles. The topological polar surface area (TPSA) is 55.8 Å². The molecule has 0 bridgehead atoms. The maximum Gasteiger partial charge on any atom is 0.584 e. The minimum Gasteiger partial charge on any atom is -0.395 e. The molecule has 5 heteroatoms.